The molecular formula is C25H35IN4O3. The first kappa shape index (κ1) is 26.9. The number of guanidine groups is 1. The molecule has 0 aromatic heterocycles. The Balaban J connectivity index is 0.00000385. The molecule has 0 aliphatic carbocycles. The summed E-state index contributed by atoms with van der Waals surface area (Å²) in [6.45, 7) is 7.60. The second kappa shape index (κ2) is 13.4. The van der Waals surface area contributed by atoms with Gasteiger partial charge in [0.05, 0.1) is 12.2 Å². The number of halogens is 1. The van der Waals surface area contributed by atoms with Crippen molar-refractivity contribution < 1.29 is 14.6 Å². The highest BCUT2D eigenvalue weighted by Crippen LogP contribution is 2.26. The molecule has 7 nitrogen and oxygen atoms in total. The minimum atomic E-state index is -0.711. The monoisotopic (exact) mass is 566 g/mol. The molecule has 1 unspecified atom stereocenters. The lowest BCUT2D eigenvalue weighted by molar-refractivity contribution is -0.117. The number of para-hydroxylation sites is 1. The fourth-order valence-corrected chi connectivity index (χ4v) is 3.72. The lowest BCUT2D eigenvalue weighted by atomic mass is 10.0. The number of hydrogen-bond donors (Lipinski definition) is 3. The van der Waals surface area contributed by atoms with E-state index in [1.807, 2.05) is 68.1 Å². The Morgan fingerprint density at radius 1 is 1.15 bits per heavy atom. The third kappa shape index (κ3) is 7.89. The summed E-state index contributed by atoms with van der Waals surface area (Å²) in [5, 5.41) is 16.8. The summed E-state index contributed by atoms with van der Waals surface area (Å²) in [4.78, 5) is 19.1. The number of carbonyl (C=O) groups is 1. The molecule has 3 N–H and O–H groups in total. The quantitative estimate of drug-likeness (QED) is 0.258. The van der Waals surface area contributed by atoms with Crippen molar-refractivity contribution in [2.24, 2.45) is 4.99 Å². The van der Waals surface area contributed by atoms with Gasteiger partial charge in [0.1, 0.15) is 12.3 Å². The van der Waals surface area contributed by atoms with Gasteiger partial charge in [-0.3, -0.25) is 4.79 Å². The highest BCUT2D eigenvalue weighted by molar-refractivity contribution is 14.0. The van der Waals surface area contributed by atoms with E-state index in [4.69, 9.17) is 4.74 Å². The third-order valence-corrected chi connectivity index (χ3v) is 5.23. The molecule has 2 aromatic rings. The van der Waals surface area contributed by atoms with Crippen molar-refractivity contribution in [1.82, 2.24) is 10.6 Å². The van der Waals surface area contributed by atoms with Gasteiger partial charge in [-0.15, -0.1) is 24.0 Å². The van der Waals surface area contributed by atoms with E-state index in [9.17, 15) is 9.90 Å². The number of hydrogen-bond acceptors (Lipinski definition) is 4. The van der Waals surface area contributed by atoms with Gasteiger partial charge in [-0.2, -0.15) is 0 Å². The molecule has 0 bridgehead atoms. The molecule has 1 heterocycles. The van der Waals surface area contributed by atoms with Gasteiger partial charge in [-0.05, 0) is 62.9 Å². The number of anilines is 1. The zero-order valence-electron chi connectivity index (χ0n) is 19.6. The van der Waals surface area contributed by atoms with E-state index in [1.54, 1.807) is 0 Å². The SMILES string of the molecule is CCNC(=NCC(=O)N1CCCc2ccccc21)NCC(O)c1ccc(OC(C)C)cc1.I. The third-order valence-electron chi connectivity index (χ3n) is 5.23. The van der Waals surface area contributed by atoms with Crippen LogP contribution in [0.1, 0.15) is 44.4 Å². The molecule has 33 heavy (non-hydrogen) atoms. The van der Waals surface area contributed by atoms with Gasteiger partial charge in [0.15, 0.2) is 5.96 Å². The van der Waals surface area contributed by atoms with Crippen molar-refractivity contribution >= 4 is 41.5 Å². The summed E-state index contributed by atoms with van der Waals surface area (Å²) in [7, 11) is 0. The number of rotatable bonds is 8. The lowest BCUT2D eigenvalue weighted by Gasteiger charge is -2.29. The molecule has 2 aromatic carbocycles. The van der Waals surface area contributed by atoms with Crippen molar-refractivity contribution in [3.63, 3.8) is 0 Å². The van der Waals surface area contributed by atoms with Gasteiger partial charge in [0.2, 0.25) is 5.91 Å². The number of aliphatic hydroxyl groups is 1. The average Bonchev–Trinajstić information content (AvgIpc) is 2.80. The van der Waals surface area contributed by atoms with E-state index in [-0.39, 0.29) is 49.1 Å². The molecule has 1 aliphatic rings. The molecule has 0 radical (unpaired) electrons. The second-order valence-corrected chi connectivity index (χ2v) is 8.11. The maximum absolute atomic E-state index is 12.8. The maximum Gasteiger partial charge on any atom is 0.248 e. The Morgan fingerprint density at radius 3 is 2.58 bits per heavy atom. The maximum atomic E-state index is 12.8. The topological polar surface area (TPSA) is 86.2 Å². The summed E-state index contributed by atoms with van der Waals surface area (Å²) in [5.74, 6) is 1.25. The summed E-state index contributed by atoms with van der Waals surface area (Å²) >= 11 is 0. The van der Waals surface area contributed by atoms with Crippen LogP contribution in [0.15, 0.2) is 53.5 Å². The van der Waals surface area contributed by atoms with Gasteiger partial charge in [0, 0.05) is 25.3 Å². The van der Waals surface area contributed by atoms with Gasteiger partial charge in [0.25, 0.3) is 0 Å². The largest absolute Gasteiger partial charge is 0.491 e. The first-order chi connectivity index (χ1) is 15.5. The van der Waals surface area contributed by atoms with Crippen LogP contribution in [0.4, 0.5) is 5.69 Å². The summed E-state index contributed by atoms with van der Waals surface area (Å²) in [6, 6.07) is 15.5. The van der Waals surface area contributed by atoms with Gasteiger partial charge < -0.3 is 25.4 Å². The van der Waals surface area contributed by atoms with Gasteiger partial charge in [-0.1, -0.05) is 30.3 Å². The molecule has 3 rings (SSSR count). The summed E-state index contributed by atoms with van der Waals surface area (Å²) in [6.07, 6.45) is 1.34. The van der Waals surface area contributed by atoms with E-state index < -0.39 is 6.10 Å². The number of carbonyl (C=O) groups excluding carboxylic acids is 1. The Hall–Kier alpha value is -2.33. The van der Waals surface area contributed by atoms with E-state index in [1.165, 1.54) is 5.56 Å². The molecule has 1 amide bonds. The molecule has 0 spiro atoms. The molecule has 1 aliphatic heterocycles. The molecule has 0 saturated carbocycles. The fraction of sp³-hybridized carbons (Fsp3) is 0.440. The Labute approximate surface area is 213 Å². The van der Waals surface area contributed by atoms with Crippen LogP contribution in [0.5, 0.6) is 5.75 Å². The average molecular weight is 566 g/mol. The van der Waals surface area contributed by atoms with Gasteiger partial charge >= 0.3 is 0 Å². The molecule has 0 fully saturated rings. The van der Waals surface area contributed by atoms with Crippen LogP contribution in [0.3, 0.4) is 0 Å². The van der Waals surface area contributed by atoms with Crippen molar-refractivity contribution in [3.8, 4) is 5.75 Å². The van der Waals surface area contributed by atoms with Crippen LogP contribution in [0, 0.1) is 0 Å². The van der Waals surface area contributed by atoms with Crippen molar-refractivity contribution in [2.75, 3.05) is 31.1 Å². The zero-order valence-corrected chi connectivity index (χ0v) is 21.9. The number of fused-ring (bicyclic) bond motifs is 1. The Kier molecular flexibility index (Phi) is 10.9. The van der Waals surface area contributed by atoms with Crippen LogP contribution in [-0.2, 0) is 11.2 Å². The number of amides is 1. The normalized spacial score (nSPS) is 14.2. The number of aliphatic hydroxyl groups excluding tert-OH is 1. The highest BCUT2D eigenvalue weighted by atomic mass is 127. The predicted octanol–water partition coefficient (Wildman–Crippen LogP) is 3.66. The van der Waals surface area contributed by atoms with Gasteiger partial charge in [-0.25, -0.2) is 4.99 Å². The molecule has 1 atom stereocenters. The van der Waals surface area contributed by atoms with E-state index in [0.29, 0.717) is 19.0 Å². The lowest BCUT2D eigenvalue weighted by Crippen LogP contribution is -2.41. The number of ether oxygens (including phenoxy) is 1. The smallest absolute Gasteiger partial charge is 0.248 e. The predicted molar refractivity (Wildman–Crippen MR) is 144 cm³/mol. The van der Waals surface area contributed by atoms with Crippen LogP contribution >= 0.6 is 24.0 Å². The van der Waals surface area contributed by atoms with Crippen LogP contribution in [0.25, 0.3) is 0 Å². The standard InChI is InChI=1S/C25H34N4O3.HI/c1-4-26-25(27-16-23(30)20-11-13-21(14-12-20)32-18(2)3)28-17-24(31)29-15-7-9-19-8-5-6-10-22(19)29;/h5-6,8,10-14,18,23,30H,4,7,9,15-17H2,1-3H3,(H2,26,27,28);1H. The number of aryl methyl sites for hydroxylation is 1. The Bertz CT molecular complexity index is 918. The van der Waals surface area contributed by atoms with Crippen LogP contribution in [0.2, 0.25) is 0 Å². The Morgan fingerprint density at radius 2 is 1.88 bits per heavy atom. The van der Waals surface area contributed by atoms with E-state index >= 15 is 0 Å². The molecule has 8 heteroatoms. The minimum absolute atomic E-state index is 0. The summed E-state index contributed by atoms with van der Waals surface area (Å²) < 4.78 is 5.64. The van der Waals surface area contributed by atoms with E-state index in [2.05, 4.69) is 21.7 Å². The number of benzene rings is 2. The number of nitrogens with zero attached hydrogens (tertiary/aromatic N) is 2. The number of nitrogens with one attached hydrogen (secondary N) is 2. The minimum Gasteiger partial charge on any atom is -0.491 e. The number of aliphatic imine (C=N–C) groups is 1. The van der Waals surface area contributed by atoms with Crippen molar-refractivity contribution in [3.05, 3.63) is 59.7 Å². The first-order valence-corrected chi connectivity index (χ1v) is 11.3. The molecule has 0 saturated heterocycles. The fourth-order valence-electron chi connectivity index (χ4n) is 3.72. The van der Waals surface area contributed by atoms with Crippen LogP contribution in [-0.4, -0.2) is 49.3 Å². The van der Waals surface area contributed by atoms with Crippen molar-refractivity contribution in [2.45, 2.75) is 45.8 Å². The molecular weight excluding hydrogens is 531 g/mol. The second-order valence-electron chi connectivity index (χ2n) is 8.11. The zero-order chi connectivity index (χ0) is 22.9. The van der Waals surface area contributed by atoms with E-state index in [0.717, 1.165) is 29.8 Å². The molecule has 180 valence electrons. The van der Waals surface area contributed by atoms with Crippen LogP contribution < -0.4 is 20.3 Å². The highest BCUT2D eigenvalue weighted by Gasteiger charge is 2.21. The summed E-state index contributed by atoms with van der Waals surface area (Å²) in [5.41, 5.74) is 2.97. The first-order valence-electron chi connectivity index (χ1n) is 11.3. The van der Waals surface area contributed by atoms with Crippen molar-refractivity contribution in [1.29, 1.82) is 0 Å².